The molecule has 17 heavy (non-hydrogen) atoms. The van der Waals surface area contributed by atoms with Crippen LogP contribution in [-0.2, 0) is 11.2 Å². The highest BCUT2D eigenvalue weighted by atomic mass is 79.9. The molecule has 94 valence electrons. The van der Waals surface area contributed by atoms with Gasteiger partial charge in [-0.3, -0.25) is 9.69 Å². The summed E-state index contributed by atoms with van der Waals surface area (Å²) >= 11 is 3.40. The first kappa shape index (κ1) is 14.2. The van der Waals surface area contributed by atoms with E-state index in [1.807, 2.05) is 43.0 Å². The van der Waals surface area contributed by atoms with Gasteiger partial charge in [0.2, 0.25) is 0 Å². The smallest absolute Gasteiger partial charge is 0.321 e. The quantitative estimate of drug-likeness (QED) is 0.878. The van der Waals surface area contributed by atoms with Crippen LogP contribution < -0.4 is 0 Å². The van der Waals surface area contributed by atoms with Crippen LogP contribution in [0.3, 0.4) is 0 Å². The molecule has 0 aromatic heterocycles. The topological polar surface area (TPSA) is 40.5 Å². The zero-order chi connectivity index (χ0) is 12.8. The molecule has 0 radical (unpaired) electrons. The number of carbonyl (C=O) groups is 1. The number of likely N-dealkylation sites (N-methyl/N-ethyl adjacent to an activating group) is 1. The second kappa shape index (κ2) is 6.77. The highest BCUT2D eigenvalue weighted by molar-refractivity contribution is 9.10. The number of carboxylic acid groups (broad SMARTS) is 1. The molecule has 0 spiro atoms. The number of hydrogen-bond acceptors (Lipinski definition) is 2. The summed E-state index contributed by atoms with van der Waals surface area (Å²) in [6.07, 6.45) is 0.538. The Morgan fingerprint density at radius 3 is 2.53 bits per heavy atom. The molecule has 0 amide bonds. The number of carboxylic acids is 1. The maximum absolute atomic E-state index is 11.3. The summed E-state index contributed by atoms with van der Waals surface area (Å²) in [6.45, 7) is 5.48. The van der Waals surface area contributed by atoms with Crippen molar-refractivity contribution in [2.75, 3.05) is 13.1 Å². The lowest BCUT2D eigenvalue weighted by Crippen LogP contribution is -2.42. The van der Waals surface area contributed by atoms with E-state index in [0.717, 1.165) is 23.1 Å². The average molecular weight is 300 g/mol. The number of hydrogen-bond donors (Lipinski definition) is 1. The molecule has 0 aliphatic rings. The zero-order valence-electron chi connectivity index (χ0n) is 10.2. The molecule has 1 aromatic carbocycles. The van der Waals surface area contributed by atoms with Crippen LogP contribution >= 0.6 is 15.9 Å². The molecule has 0 saturated heterocycles. The third kappa shape index (κ3) is 4.13. The predicted octanol–water partition coefficient (Wildman–Crippen LogP) is 2.79. The van der Waals surface area contributed by atoms with Gasteiger partial charge >= 0.3 is 5.97 Å². The zero-order valence-corrected chi connectivity index (χ0v) is 11.8. The Kier molecular flexibility index (Phi) is 5.65. The van der Waals surface area contributed by atoms with Gasteiger partial charge in [-0.15, -0.1) is 0 Å². The molecule has 0 aliphatic heterocycles. The van der Waals surface area contributed by atoms with Crippen molar-refractivity contribution in [2.24, 2.45) is 0 Å². The van der Waals surface area contributed by atoms with Crippen LogP contribution in [-0.4, -0.2) is 35.1 Å². The largest absolute Gasteiger partial charge is 0.480 e. The Morgan fingerprint density at radius 1 is 1.41 bits per heavy atom. The van der Waals surface area contributed by atoms with Crippen molar-refractivity contribution in [3.8, 4) is 0 Å². The number of aliphatic carboxylic acids is 1. The molecule has 1 rings (SSSR count). The molecule has 4 heteroatoms. The first-order valence-electron chi connectivity index (χ1n) is 5.79. The lowest BCUT2D eigenvalue weighted by Gasteiger charge is -2.26. The van der Waals surface area contributed by atoms with E-state index in [1.165, 1.54) is 0 Å². The molecule has 0 heterocycles. The maximum atomic E-state index is 11.3. The van der Waals surface area contributed by atoms with E-state index in [2.05, 4.69) is 15.9 Å². The minimum atomic E-state index is -0.756. The molecule has 1 N–H and O–H groups in total. The molecule has 0 saturated carbocycles. The van der Waals surface area contributed by atoms with E-state index >= 15 is 0 Å². The van der Waals surface area contributed by atoms with Crippen LogP contribution in [0.15, 0.2) is 28.7 Å². The predicted molar refractivity (Wildman–Crippen MR) is 72.2 cm³/mol. The summed E-state index contributed by atoms with van der Waals surface area (Å²) in [7, 11) is 0. The number of rotatable bonds is 6. The summed E-state index contributed by atoms with van der Waals surface area (Å²) in [6, 6.07) is 7.36. The minimum Gasteiger partial charge on any atom is -0.480 e. The summed E-state index contributed by atoms with van der Waals surface area (Å²) < 4.78 is 0.985. The second-order valence-corrected chi connectivity index (χ2v) is 4.82. The summed E-state index contributed by atoms with van der Waals surface area (Å²) in [5, 5.41) is 9.28. The van der Waals surface area contributed by atoms with Crippen LogP contribution in [0.4, 0.5) is 0 Å². The van der Waals surface area contributed by atoms with Crippen LogP contribution in [0.5, 0.6) is 0 Å². The molecule has 0 bridgehead atoms. The molecule has 0 aliphatic carbocycles. The Bertz CT molecular complexity index is 377. The van der Waals surface area contributed by atoms with Crippen molar-refractivity contribution in [1.29, 1.82) is 0 Å². The fraction of sp³-hybridized carbons (Fsp3) is 0.462. The van der Waals surface area contributed by atoms with Gasteiger partial charge in [0.1, 0.15) is 6.04 Å². The van der Waals surface area contributed by atoms with Gasteiger partial charge < -0.3 is 5.11 Å². The number of halogens is 1. The highest BCUT2D eigenvalue weighted by Gasteiger charge is 2.23. The second-order valence-electron chi connectivity index (χ2n) is 3.91. The van der Waals surface area contributed by atoms with Gasteiger partial charge in [-0.1, -0.05) is 41.9 Å². The molecule has 0 fully saturated rings. The van der Waals surface area contributed by atoms with E-state index in [0.29, 0.717) is 6.42 Å². The van der Waals surface area contributed by atoms with Crippen molar-refractivity contribution < 1.29 is 9.90 Å². The van der Waals surface area contributed by atoms with Crippen molar-refractivity contribution >= 4 is 21.9 Å². The monoisotopic (exact) mass is 299 g/mol. The number of nitrogens with zero attached hydrogens (tertiary/aromatic N) is 1. The fourth-order valence-electron chi connectivity index (χ4n) is 1.92. The Balaban J connectivity index is 2.83. The molecule has 3 nitrogen and oxygen atoms in total. The fourth-order valence-corrected chi connectivity index (χ4v) is 2.37. The minimum absolute atomic E-state index is 0.445. The summed E-state index contributed by atoms with van der Waals surface area (Å²) in [5.41, 5.74) is 1.04. The van der Waals surface area contributed by atoms with Crippen molar-refractivity contribution in [3.63, 3.8) is 0 Å². The van der Waals surface area contributed by atoms with Gasteiger partial charge in [-0.05, 0) is 37.2 Å². The Hall–Kier alpha value is -0.870. The highest BCUT2D eigenvalue weighted by Crippen LogP contribution is 2.15. The standard InChI is InChI=1S/C13H18BrNO2/c1-3-15(4-2)12(13(16)17)9-10-6-5-7-11(14)8-10/h5-8,12H,3-4,9H2,1-2H3,(H,16,17)/t12-/m1/s1. The Labute approximate surface area is 111 Å². The van der Waals surface area contributed by atoms with E-state index in [4.69, 9.17) is 0 Å². The first-order chi connectivity index (χ1) is 8.08. The van der Waals surface area contributed by atoms with Gasteiger partial charge in [-0.25, -0.2) is 0 Å². The molecule has 1 atom stereocenters. The van der Waals surface area contributed by atoms with E-state index < -0.39 is 12.0 Å². The third-order valence-corrected chi connectivity index (χ3v) is 3.35. The first-order valence-corrected chi connectivity index (χ1v) is 6.59. The van der Waals surface area contributed by atoms with E-state index in [1.54, 1.807) is 0 Å². The lowest BCUT2D eigenvalue weighted by molar-refractivity contribution is -0.143. The van der Waals surface area contributed by atoms with Crippen LogP contribution in [0, 0.1) is 0 Å². The van der Waals surface area contributed by atoms with Crippen molar-refractivity contribution in [1.82, 2.24) is 4.90 Å². The van der Waals surface area contributed by atoms with E-state index in [9.17, 15) is 9.90 Å². The van der Waals surface area contributed by atoms with Crippen LogP contribution in [0.2, 0.25) is 0 Å². The van der Waals surface area contributed by atoms with Crippen LogP contribution in [0.25, 0.3) is 0 Å². The van der Waals surface area contributed by atoms with E-state index in [-0.39, 0.29) is 0 Å². The maximum Gasteiger partial charge on any atom is 0.321 e. The summed E-state index contributed by atoms with van der Waals surface area (Å²) in [4.78, 5) is 13.3. The van der Waals surface area contributed by atoms with Gasteiger partial charge in [0.15, 0.2) is 0 Å². The molecular formula is C13H18BrNO2. The van der Waals surface area contributed by atoms with Gasteiger partial charge in [0, 0.05) is 4.47 Å². The van der Waals surface area contributed by atoms with Crippen molar-refractivity contribution in [2.45, 2.75) is 26.3 Å². The SMILES string of the molecule is CCN(CC)[C@H](Cc1cccc(Br)c1)C(=O)O. The lowest BCUT2D eigenvalue weighted by atomic mass is 10.0. The molecule has 1 aromatic rings. The van der Waals surface area contributed by atoms with Crippen molar-refractivity contribution in [3.05, 3.63) is 34.3 Å². The normalized spacial score (nSPS) is 12.7. The Morgan fingerprint density at radius 2 is 2.06 bits per heavy atom. The van der Waals surface area contributed by atoms with Gasteiger partial charge in [-0.2, -0.15) is 0 Å². The van der Waals surface area contributed by atoms with Crippen LogP contribution in [0.1, 0.15) is 19.4 Å². The third-order valence-electron chi connectivity index (χ3n) is 2.86. The number of benzene rings is 1. The molecule has 0 unspecified atom stereocenters. The summed E-state index contributed by atoms with van der Waals surface area (Å²) in [5.74, 6) is -0.756. The van der Waals surface area contributed by atoms with Gasteiger partial charge in [0.25, 0.3) is 0 Å². The average Bonchev–Trinajstić information content (AvgIpc) is 2.29. The molecular weight excluding hydrogens is 282 g/mol. The van der Waals surface area contributed by atoms with Gasteiger partial charge in [0.05, 0.1) is 0 Å².